The summed E-state index contributed by atoms with van der Waals surface area (Å²) in [5.41, 5.74) is 1.41. The molecule has 26 heavy (non-hydrogen) atoms. The Hall–Kier alpha value is -2.93. The molecule has 0 unspecified atom stereocenters. The number of para-hydroxylation sites is 1. The molecule has 0 saturated carbocycles. The number of benzene rings is 2. The fraction of sp³-hybridized carbons (Fsp3) is 0.158. The van der Waals surface area contributed by atoms with Crippen molar-refractivity contribution in [1.82, 2.24) is 9.97 Å². The van der Waals surface area contributed by atoms with Crippen LogP contribution in [0.5, 0.6) is 11.6 Å². The molecule has 134 valence electrons. The minimum absolute atomic E-state index is 0.000794. The fourth-order valence-electron chi connectivity index (χ4n) is 2.35. The first-order chi connectivity index (χ1) is 12.6. The van der Waals surface area contributed by atoms with Gasteiger partial charge in [0.15, 0.2) is 0 Å². The number of hydrogen-bond donors (Lipinski definition) is 1. The molecule has 0 aliphatic carbocycles. The number of ether oxygens (including phenoxy) is 1. The number of nitrogens with zero attached hydrogens (tertiary/aromatic N) is 2. The lowest BCUT2D eigenvalue weighted by Gasteiger charge is -2.11. The number of anilines is 1. The zero-order chi connectivity index (χ0) is 18.4. The first-order valence-corrected chi connectivity index (χ1v) is 9.89. The molecule has 0 atom stereocenters. The van der Waals surface area contributed by atoms with Crippen molar-refractivity contribution >= 4 is 16.0 Å². The van der Waals surface area contributed by atoms with Crippen LogP contribution in [0.1, 0.15) is 13.3 Å². The Bertz CT molecular complexity index is 962. The average Bonchev–Trinajstić information content (AvgIpc) is 2.62. The third kappa shape index (κ3) is 4.80. The molecule has 0 fully saturated rings. The Labute approximate surface area is 153 Å². The van der Waals surface area contributed by atoms with E-state index in [1.165, 1.54) is 0 Å². The Kier molecular flexibility index (Phi) is 5.48. The first kappa shape index (κ1) is 17.9. The molecule has 0 radical (unpaired) electrons. The van der Waals surface area contributed by atoms with Crippen LogP contribution in [-0.4, -0.2) is 24.1 Å². The SMILES string of the molecule is CCCS(=O)(=O)Nc1nc(Oc2ccccc2)cc(-c2ccccc2)n1. The highest BCUT2D eigenvalue weighted by atomic mass is 32.2. The van der Waals surface area contributed by atoms with Crippen LogP contribution in [0.25, 0.3) is 11.3 Å². The van der Waals surface area contributed by atoms with Crippen molar-refractivity contribution in [1.29, 1.82) is 0 Å². The lowest BCUT2D eigenvalue weighted by atomic mass is 10.1. The Morgan fingerprint density at radius 1 is 0.962 bits per heavy atom. The van der Waals surface area contributed by atoms with Crippen molar-refractivity contribution in [2.45, 2.75) is 13.3 Å². The molecular weight excluding hydrogens is 350 g/mol. The first-order valence-electron chi connectivity index (χ1n) is 8.23. The van der Waals surface area contributed by atoms with Crippen LogP contribution < -0.4 is 9.46 Å². The van der Waals surface area contributed by atoms with Gasteiger partial charge in [-0.3, -0.25) is 4.72 Å². The van der Waals surface area contributed by atoms with E-state index in [1.54, 1.807) is 25.1 Å². The van der Waals surface area contributed by atoms with Crippen LogP contribution >= 0.6 is 0 Å². The zero-order valence-corrected chi connectivity index (χ0v) is 15.1. The summed E-state index contributed by atoms with van der Waals surface area (Å²) in [6.45, 7) is 1.80. The topological polar surface area (TPSA) is 81.2 Å². The predicted octanol–water partition coefficient (Wildman–Crippen LogP) is 4.09. The summed E-state index contributed by atoms with van der Waals surface area (Å²) in [6, 6.07) is 20.3. The van der Waals surface area contributed by atoms with E-state index in [2.05, 4.69) is 14.7 Å². The average molecular weight is 369 g/mol. The van der Waals surface area contributed by atoms with Gasteiger partial charge in [-0.25, -0.2) is 13.4 Å². The van der Waals surface area contributed by atoms with E-state index in [4.69, 9.17) is 4.74 Å². The molecule has 0 bridgehead atoms. The summed E-state index contributed by atoms with van der Waals surface area (Å²) in [6.07, 6.45) is 0.501. The predicted molar refractivity (Wildman–Crippen MR) is 102 cm³/mol. The van der Waals surface area contributed by atoms with Gasteiger partial charge >= 0.3 is 0 Å². The van der Waals surface area contributed by atoms with E-state index in [0.717, 1.165) is 5.56 Å². The van der Waals surface area contributed by atoms with E-state index in [9.17, 15) is 8.42 Å². The quantitative estimate of drug-likeness (QED) is 0.678. The third-order valence-corrected chi connectivity index (χ3v) is 4.90. The second-order valence-corrected chi connectivity index (χ2v) is 7.46. The second kappa shape index (κ2) is 7.97. The van der Waals surface area contributed by atoms with Crippen molar-refractivity contribution in [3.8, 4) is 22.9 Å². The Morgan fingerprint density at radius 2 is 1.62 bits per heavy atom. The summed E-state index contributed by atoms with van der Waals surface area (Å²) in [5, 5.41) is 0. The lowest BCUT2D eigenvalue weighted by molar-refractivity contribution is 0.463. The van der Waals surface area contributed by atoms with Crippen molar-refractivity contribution in [3.05, 3.63) is 66.7 Å². The van der Waals surface area contributed by atoms with Crippen molar-refractivity contribution in [3.63, 3.8) is 0 Å². The van der Waals surface area contributed by atoms with Crippen LogP contribution in [0.2, 0.25) is 0 Å². The Balaban J connectivity index is 1.99. The number of sulfonamides is 1. The van der Waals surface area contributed by atoms with Gasteiger partial charge in [0.05, 0.1) is 11.4 Å². The second-order valence-electron chi connectivity index (χ2n) is 5.62. The van der Waals surface area contributed by atoms with E-state index in [0.29, 0.717) is 17.9 Å². The van der Waals surface area contributed by atoms with Gasteiger partial charge in [0, 0.05) is 11.6 Å². The van der Waals surface area contributed by atoms with Crippen LogP contribution in [0.15, 0.2) is 66.7 Å². The Morgan fingerprint density at radius 3 is 2.27 bits per heavy atom. The van der Waals surface area contributed by atoms with Crippen LogP contribution in [0.3, 0.4) is 0 Å². The van der Waals surface area contributed by atoms with Gasteiger partial charge in [-0.1, -0.05) is 55.5 Å². The summed E-state index contributed by atoms with van der Waals surface area (Å²) >= 11 is 0. The maximum absolute atomic E-state index is 12.1. The summed E-state index contributed by atoms with van der Waals surface area (Å²) in [7, 11) is -3.50. The molecule has 3 rings (SSSR count). The minimum Gasteiger partial charge on any atom is -0.439 e. The van der Waals surface area contributed by atoms with Crippen molar-refractivity contribution in [2.75, 3.05) is 10.5 Å². The highest BCUT2D eigenvalue weighted by Gasteiger charge is 2.14. The molecule has 1 N–H and O–H groups in total. The molecule has 0 amide bonds. The normalized spacial score (nSPS) is 11.1. The van der Waals surface area contributed by atoms with E-state index in [1.807, 2.05) is 48.5 Å². The van der Waals surface area contributed by atoms with Gasteiger partial charge in [0.25, 0.3) is 0 Å². The number of rotatable bonds is 7. The van der Waals surface area contributed by atoms with Crippen LogP contribution in [-0.2, 0) is 10.0 Å². The molecule has 1 heterocycles. The van der Waals surface area contributed by atoms with E-state index in [-0.39, 0.29) is 17.6 Å². The molecule has 0 spiro atoms. The van der Waals surface area contributed by atoms with E-state index < -0.39 is 10.0 Å². The number of hydrogen-bond acceptors (Lipinski definition) is 5. The fourth-order valence-corrected chi connectivity index (χ4v) is 3.36. The highest BCUT2D eigenvalue weighted by molar-refractivity contribution is 7.92. The van der Waals surface area contributed by atoms with Crippen LogP contribution in [0, 0.1) is 0 Å². The highest BCUT2D eigenvalue weighted by Crippen LogP contribution is 2.26. The smallest absolute Gasteiger partial charge is 0.240 e. The summed E-state index contributed by atoms with van der Waals surface area (Å²) in [4.78, 5) is 8.53. The number of aromatic nitrogens is 2. The molecule has 0 saturated heterocycles. The van der Waals surface area contributed by atoms with Gasteiger partial charge in [0.2, 0.25) is 21.9 Å². The van der Waals surface area contributed by atoms with Crippen LogP contribution in [0.4, 0.5) is 5.95 Å². The minimum atomic E-state index is -3.50. The molecule has 1 aromatic heterocycles. The molecule has 0 aliphatic rings. The zero-order valence-electron chi connectivity index (χ0n) is 14.3. The third-order valence-electron chi connectivity index (χ3n) is 3.46. The van der Waals surface area contributed by atoms with Gasteiger partial charge in [-0.15, -0.1) is 0 Å². The monoisotopic (exact) mass is 369 g/mol. The van der Waals surface area contributed by atoms with Crippen molar-refractivity contribution in [2.24, 2.45) is 0 Å². The summed E-state index contributed by atoms with van der Waals surface area (Å²) in [5.74, 6) is 0.860. The van der Waals surface area contributed by atoms with Gasteiger partial charge in [-0.05, 0) is 18.6 Å². The molecule has 2 aromatic carbocycles. The molecule has 6 nitrogen and oxygen atoms in total. The lowest BCUT2D eigenvalue weighted by Crippen LogP contribution is -2.18. The molecule has 0 aliphatic heterocycles. The number of nitrogens with one attached hydrogen (secondary N) is 1. The molecule has 3 aromatic rings. The molecule has 7 heteroatoms. The maximum atomic E-state index is 12.1. The van der Waals surface area contributed by atoms with Gasteiger partial charge in [0.1, 0.15) is 5.75 Å². The van der Waals surface area contributed by atoms with E-state index >= 15 is 0 Å². The van der Waals surface area contributed by atoms with Crippen molar-refractivity contribution < 1.29 is 13.2 Å². The largest absolute Gasteiger partial charge is 0.439 e. The summed E-state index contributed by atoms with van der Waals surface area (Å²) < 4.78 is 32.4. The van der Waals surface area contributed by atoms with Gasteiger partial charge in [-0.2, -0.15) is 4.98 Å². The maximum Gasteiger partial charge on any atom is 0.240 e. The van der Waals surface area contributed by atoms with Gasteiger partial charge < -0.3 is 4.74 Å². The molecular formula is C19H19N3O3S. The standard InChI is InChI=1S/C19H19N3O3S/c1-2-13-26(23,24)22-19-20-17(15-9-5-3-6-10-15)14-18(21-19)25-16-11-7-4-8-12-16/h3-12,14H,2,13H2,1H3,(H,20,21,22).